The van der Waals surface area contributed by atoms with Crippen LogP contribution in [0.15, 0.2) is 34.7 Å². The van der Waals surface area contributed by atoms with E-state index >= 15 is 0 Å². The molecule has 1 saturated carbocycles. The molecule has 0 amide bonds. The second kappa shape index (κ2) is 5.44. The molecule has 1 aromatic heterocycles. The Morgan fingerprint density at radius 1 is 1.46 bits per heavy atom. The highest BCUT2D eigenvalue weighted by Gasteiger charge is 2.73. The first-order valence-electron chi connectivity index (χ1n) is 9.40. The van der Waals surface area contributed by atoms with Gasteiger partial charge in [-0.05, 0) is 43.6 Å². The standard InChI is InChI=1S/C20H24O6/c1-11-15-8-19-10-25-18(26-15)20(11,7-14(21)12-5-6-24-9-12)16(19)4-2-3-13(19)17(22)23/h3,5-6,9,11,14-16,18,21H,2,4,7-8,10H2,1H3,(H,22,23)/t11-,14+,15-,16+,18-,19-,20+/m1/s1. The molecule has 7 atom stereocenters. The van der Waals surface area contributed by atoms with Crippen LogP contribution in [0.5, 0.6) is 0 Å². The summed E-state index contributed by atoms with van der Waals surface area (Å²) < 4.78 is 17.5. The van der Waals surface area contributed by atoms with E-state index in [-0.39, 0.29) is 29.6 Å². The van der Waals surface area contributed by atoms with E-state index in [1.54, 1.807) is 18.6 Å². The zero-order valence-electron chi connectivity index (χ0n) is 14.8. The third-order valence-corrected chi connectivity index (χ3v) is 7.56. The number of carbonyl (C=O) groups is 1. The highest BCUT2D eigenvalue weighted by molar-refractivity contribution is 5.88. The summed E-state index contributed by atoms with van der Waals surface area (Å²) in [6, 6.07) is 1.78. The topological polar surface area (TPSA) is 89.1 Å². The fourth-order valence-electron chi connectivity index (χ4n) is 6.42. The Morgan fingerprint density at radius 2 is 2.31 bits per heavy atom. The van der Waals surface area contributed by atoms with Gasteiger partial charge in [0.2, 0.25) is 0 Å². The van der Waals surface area contributed by atoms with E-state index in [4.69, 9.17) is 13.9 Å². The van der Waals surface area contributed by atoms with Crippen molar-refractivity contribution in [3.8, 4) is 0 Å². The molecule has 5 rings (SSSR count). The van der Waals surface area contributed by atoms with Crippen LogP contribution in [-0.2, 0) is 14.3 Å². The smallest absolute Gasteiger partial charge is 0.331 e. The Hall–Kier alpha value is -1.63. The van der Waals surface area contributed by atoms with Crippen LogP contribution in [0.3, 0.4) is 0 Å². The number of hydrogen-bond donors (Lipinski definition) is 2. The van der Waals surface area contributed by atoms with Crippen molar-refractivity contribution < 1.29 is 28.9 Å². The van der Waals surface area contributed by atoms with E-state index in [1.165, 1.54) is 0 Å². The number of aliphatic hydroxyl groups is 1. The van der Waals surface area contributed by atoms with Gasteiger partial charge in [-0.3, -0.25) is 0 Å². The second-order valence-electron chi connectivity index (χ2n) is 8.41. The molecule has 4 aliphatic rings. The summed E-state index contributed by atoms with van der Waals surface area (Å²) in [4.78, 5) is 12.0. The number of hydrogen-bond acceptors (Lipinski definition) is 5. The van der Waals surface area contributed by atoms with Crippen LogP contribution >= 0.6 is 0 Å². The summed E-state index contributed by atoms with van der Waals surface area (Å²) in [5.74, 6) is -0.503. The van der Waals surface area contributed by atoms with Gasteiger partial charge in [0.25, 0.3) is 0 Å². The van der Waals surface area contributed by atoms with Crippen LogP contribution in [0, 0.1) is 22.7 Å². The van der Waals surface area contributed by atoms with Gasteiger partial charge in [-0.15, -0.1) is 0 Å². The molecule has 0 unspecified atom stereocenters. The molecule has 3 fully saturated rings. The Morgan fingerprint density at radius 3 is 3.04 bits per heavy atom. The van der Waals surface area contributed by atoms with Crippen molar-refractivity contribution in [2.75, 3.05) is 6.61 Å². The maximum absolute atomic E-state index is 12.0. The van der Waals surface area contributed by atoms with Gasteiger partial charge in [-0.25, -0.2) is 4.79 Å². The predicted octanol–water partition coefficient (Wildman–Crippen LogP) is 2.89. The molecule has 3 heterocycles. The number of fused-ring (bicyclic) bond motifs is 1. The minimum Gasteiger partial charge on any atom is -0.478 e. The van der Waals surface area contributed by atoms with E-state index in [2.05, 4.69) is 6.92 Å². The van der Waals surface area contributed by atoms with Crippen molar-refractivity contribution in [1.82, 2.24) is 0 Å². The minimum absolute atomic E-state index is 0.0313. The lowest BCUT2D eigenvalue weighted by Gasteiger charge is -2.60. The van der Waals surface area contributed by atoms with E-state index in [9.17, 15) is 15.0 Å². The van der Waals surface area contributed by atoms with Gasteiger partial charge >= 0.3 is 5.97 Å². The molecule has 1 aromatic rings. The number of furan rings is 1. The summed E-state index contributed by atoms with van der Waals surface area (Å²) in [6.45, 7) is 2.57. The number of rotatable bonds is 4. The highest BCUT2D eigenvalue weighted by Crippen LogP contribution is 2.71. The highest BCUT2D eigenvalue weighted by atomic mass is 16.7. The van der Waals surface area contributed by atoms with Crippen molar-refractivity contribution in [2.45, 2.75) is 51.1 Å². The first kappa shape index (κ1) is 16.5. The normalized spacial score (nSPS) is 44.5. The van der Waals surface area contributed by atoms with E-state index in [0.717, 1.165) is 18.4 Å². The molecular formula is C20H24O6. The monoisotopic (exact) mass is 360 g/mol. The molecule has 6 heteroatoms. The number of carboxylic acids is 1. The molecule has 0 spiro atoms. The van der Waals surface area contributed by atoms with E-state index in [0.29, 0.717) is 25.0 Å². The van der Waals surface area contributed by atoms with Crippen LogP contribution in [-0.4, -0.2) is 35.2 Å². The predicted molar refractivity (Wildman–Crippen MR) is 90.0 cm³/mol. The molecule has 2 aliphatic carbocycles. The van der Waals surface area contributed by atoms with Crippen LogP contribution in [0.1, 0.15) is 44.3 Å². The van der Waals surface area contributed by atoms with Crippen LogP contribution < -0.4 is 0 Å². The molecular weight excluding hydrogens is 336 g/mol. The molecule has 2 aliphatic heterocycles. The van der Waals surface area contributed by atoms with E-state index in [1.807, 2.05) is 6.08 Å². The summed E-state index contributed by atoms with van der Waals surface area (Å²) in [5.41, 5.74) is 0.337. The maximum Gasteiger partial charge on any atom is 0.331 e. The van der Waals surface area contributed by atoms with Crippen LogP contribution in [0.4, 0.5) is 0 Å². The van der Waals surface area contributed by atoms with Crippen molar-refractivity contribution in [3.63, 3.8) is 0 Å². The van der Waals surface area contributed by atoms with Gasteiger partial charge in [0.1, 0.15) is 0 Å². The molecule has 26 heavy (non-hydrogen) atoms. The lowest BCUT2D eigenvalue weighted by atomic mass is 9.44. The van der Waals surface area contributed by atoms with E-state index < -0.39 is 17.5 Å². The number of aliphatic hydroxyl groups excluding tert-OH is 1. The number of aliphatic carboxylic acids is 1. The van der Waals surface area contributed by atoms with Crippen molar-refractivity contribution in [2.24, 2.45) is 22.7 Å². The van der Waals surface area contributed by atoms with Gasteiger partial charge in [-0.2, -0.15) is 0 Å². The zero-order chi connectivity index (χ0) is 18.1. The zero-order valence-corrected chi connectivity index (χ0v) is 14.8. The van der Waals surface area contributed by atoms with Crippen LogP contribution in [0.25, 0.3) is 0 Å². The molecule has 2 saturated heterocycles. The quantitative estimate of drug-likeness (QED) is 0.858. The molecule has 2 N–H and O–H groups in total. The fourth-order valence-corrected chi connectivity index (χ4v) is 6.42. The van der Waals surface area contributed by atoms with Gasteiger partial charge < -0.3 is 24.1 Å². The number of carboxylic acid groups (broad SMARTS) is 1. The minimum atomic E-state index is -0.851. The summed E-state index contributed by atoms with van der Waals surface area (Å²) in [6.07, 6.45) is 6.76. The third-order valence-electron chi connectivity index (χ3n) is 7.56. The molecule has 6 nitrogen and oxygen atoms in total. The molecule has 0 aromatic carbocycles. The van der Waals surface area contributed by atoms with Crippen molar-refractivity contribution in [1.29, 1.82) is 0 Å². The first-order chi connectivity index (χ1) is 12.5. The fraction of sp³-hybridized carbons (Fsp3) is 0.650. The maximum atomic E-state index is 12.0. The number of allylic oxidation sites excluding steroid dienone is 1. The second-order valence-corrected chi connectivity index (χ2v) is 8.41. The van der Waals surface area contributed by atoms with Gasteiger partial charge in [-0.1, -0.05) is 13.0 Å². The van der Waals surface area contributed by atoms with Gasteiger partial charge in [0.15, 0.2) is 6.29 Å². The largest absolute Gasteiger partial charge is 0.478 e. The molecule has 140 valence electrons. The van der Waals surface area contributed by atoms with Crippen molar-refractivity contribution in [3.05, 3.63) is 35.8 Å². The number of ether oxygens (including phenoxy) is 2. The molecule has 0 radical (unpaired) electrons. The Balaban J connectivity index is 1.60. The molecule has 3 bridgehead atoms. The average molecular weight is 360 g/mol. The lowest BCUT2D eigenvalue weighted by Crippen LogP contribution is -2.62. The first-order valence-corrected chi connectivity index (χ1v) is 9.40. The van der Waals surface area contributed by atoms with Gasteiger partial charge in [0.05, 0.1) is 31.3 Å². The SMILES string of the molecule is C[C@@H]1[C@H]2C[C@]34CO[C@H](O2)[C@]1(C[C@H](O)c1ccoc1)[C@H]3CCC=C4C(=O)O. The Kier molecular flexibility index (Phi) is 3.46. The van der Waals surface area contributed by atoms with Gasteiger partial charge in [0, 0.05) is 22.0 Å². The Labute approximate surface area is 151 Å². The van der Waals surface area contributed by atoms with Crippen LogP contribution in [0.2, 0.25) is 0 Å². The Bertz CT molecular complexity index is 754. The summed E-state index contributed by atoms with van der Waals surface area (Å²) >= 11 is 0. The third kappa shape index (κ3) is 1.90. The average Bonchev–Trinajstić information content (AvgIpc) is 3.15. The lowest BCUT2D eigenvalue weighted by molar-refractivity contribution is -0.246. The summed E-state index contributed by atoms with van der Waals surface area (Å²) in [7, 11) is 0. The van der Waals surface area contributed by atoms with Crippen molar-refractivity contribution >= 4 is 5.97 Å². The summed E-state index contributed by atoms with van der Waals surface area (Å²) in [5, 5.41) is 20.7.